The van der Waals surface area contributed by atoms with Crippen molar-refractivity contribution in [3.63, 3.8) is 0 Å². The molecule has 0 amide bonds. The first-order valence-corrected chi connectivity index (χ1v) is 6.51. The Morgan fingerprint density at radius 1 is 1.00 bits per heavy atom. The second-order valence-corrected chi connectivity index (χ2v) is 4.70. The van der Waals surface area contributed by atoms with E-state index in [-0.39, 0.29) is 5.78 Å². The summed E-state index contributed by atoms with van der Waals surface area (Å²) in [4.78, 5) is 12.2. The minimum Gasteiger partial charge on any atom is -0.497 e. The number of carbonyl (C=O) groups is 1. The molecular weight excluding hydrogens is 276 g/mol. The van der Waals surface area contributed by atoms with E-state index >= 15 is 0 Å². The molecule has 0 aromatic heterocycles. The van der Waals surface area contributed by atoms with Gasteiger partial charge in [0.15, 0.2) is 5.78 Å². The van der Waals surface area contributed by atoms with E-state index in [0.717, 1.165) is 11.3 Å². The van der Waals surface area contributed by atoms with Gasteiger partial charge in [-0.2, -0.15) is 0 Å². The number of rotatable bonds is 5. The quantitative estimate of drug-likeness (QED) is 0.786. The van der Waals surface area contributed by atoms with Crippen molar-refractivity contribution < 1.29 is 14.3 Å². The lowest BCUT2D eigenvalue weighted by atomic mass is 10.0. The van der Waals surface area contributed by atoms with Gasteiger partial charge in [-0.05, 0) is 35.9 Å². The van der Waals surface area contributed by atoms with Crippen LogP contribution in [0.25, 0.3) is 0 Å². The molecule has 0 aliphatic carbocycles. The summed E-state index contributed by atoms with van der Waals surface area (Å²) in [5.41, 5.74) is 1.42. The average Bonchev–Trinajstić information content (AvgIpc) is 2.47. The van der Waals surface area contributed by atoms with Crippen LogP contribution in [-0.4, -0.2) is 20.0 Å². The SMILES string of the molecule is COc1ccc(CC(=O)c2ccc(OC)cc2Cl)cc1. The molecule has 2 rings (SSSR count). The smallest absolute Gasteiger partial charge is 0.168 e. The topological polar surface area (TPSA) is 35.5 Å². The Morgan fingerprint density at radius 3 is 2.15 bits per heavy atom. The molecule has 3 nitrogen and oxygen atoms in total. The zero-order valence-corrected chi connectivity index (χ0v) is 12.1. The van der Waals surface area contributed by atoms with E-state index in [4.69, 9.17) is 21.1 Å². The van der Waals surface area contributed by atoms with Gasteiger partial charge in [-0.1, -0.05) is 23.7 Å². The summed E-state index contributed by atoms with van der Waals surface area (Å²) in [6.45, 7) is 0. The van der Waals surface area contributed by atoms with Crippen LogP contribution in [0.4, 0.5) is 0 Å². The third kappa shape index (κ3) is 3.31. The first-order chi connectivity index (χ1) is 9.63. The van der Waals surface area contributed by atoms with Crippen LogP contribution in [0.3, 0.4) is 0 Å². The number of methoxy groups -OCH3 is 2. The van der Waals surface area contributed by atoms with Crippen molar-refractivity contribution in [1.29, 1.82) is 0 Å². The van der Waals surface area contributed by atoms with Gasteiger partial charge in [0, 0.05) is 12.0 Å². The second-order valence-electron chi connectivity index (χ2n) is 4.29. The maximum Gasteiger partial charge on any atom is 0.168 e. The van der Waals surface area contributed by atoms with Crippen molar-refractivity contribution >= 4 is 17.4 Å². The Kier molecular flexibility index (Phi) is 4.64. The Hall–Kier alpha value is -2.00. The molecule has 0 saturated carbocycles. The summed E-state index contributed by atoms with van der Waals surface area (Å²) in [5, 5.41) is 0.405. The molecule has 0 radical (unpaired) electrons. The van der Waals surface area contributed by atoms with Crippen LogP contribution in [0.5, 0.6) is 11.5 Å². The standard InChI is InChI=1S/C16H15ClO3/c1-19-12-5-3-11(4-6-12)9-16(18)14-8-7-13(20-2)10-15(14)17/h3-8,10H,9H2,1-2H3. The van der Waals surface area contributed by atoms with Crippen LogP contribution >= 0.6 is 11.6 Å². The van der Waals surface area contributed by atoms with Crippen molar-refractivity contribution in [3.8, 4) is 11.5 Å². The molecule has 0 saturated heterocycles. The third-order valence-corrected chi connectivity index (χ3v) is 3.31. The van der Waals surface area contributed by atoms with Crippen LogP contribution in [0, 0.1) is 0 Å². The van der Waals surface area contributed by atoms with Crippen molar-refractivity contribution in [2.24, 2.45) is 0 Å². The molecule has 4 heteroatoms. The number of benzene rings is 2. The molecule has 0 spiro atoms. The Bertz CT molecular complexity index is 606. The van der Waals surface area contributed by atoms with Gasteiger partial charge in [-0.15, -0.1) is 0 Å². The predicted molar refractivity (Wildman–Crippen MR) is 79.0 cm³/mol. The van der Waals surface area contributed by atoms with Gasteiger partial charge in [-0.3, -0.25) is 4.79 Å². The highest BCUT2D eigenvalue weighted by Crippen LogP contribution is 2.24. The fourth-order valence-corrected chi connectivity index (χ4v) is 2.15. The Morgan fingerprint density at radius 2 is 1.60 bits per heavy atom. The predicted octanol–water partition coefficient (Wildman–Crippen LogP) is 3.78. The minimum absolute atomic E-state index is 0.0252. The van der Waals surface area contributed by atoms with Crippen LogP contribution < -0.4 is 9.47 Å². The number of halogens is 1. The van der Waals surface area contributed by atoms with E-state index in [1.54, 1.807) is 32.4 Å². The van der Waals surface area contributed by atoms with E-state index in [9.17, 15) is 4.79 Å². The lowest BCUT2D eigenvalue weighted by molar-refractivity contribution is 0.0993. The van der Waals surface area contributed by atoms with E-state index < -0.39 is 0 Å². The molecule has 20 heavy (non-hydrogen) atoms. The highest BCUT2D eigenvalue weighted by Gasteiger charge is 2.12. The zero-order valence-electron chi connectivity index (χ0n) is 11.4. The summed E-state index contributed by atoms with van der Waals surface area (Å²) in [5.74, 6) is 1.38. The van der Waals surface area contributed by atoms with Gasteiger partial charge < -0.3 is 9.47 Å². The van der Waals surface area contributed by atoms with E-state index in [1.807, 2.05) is 24.3 Å². The number of ketones is 1. The summed E-state index contributed by atoms with van der Waals surface area (Å²) in [7, 11) is 3.17. The monoisotopic (exact) mass is 290 g/mol. The summed E-state index contributed by atoms with van der Waals surface area (Å²) in [6, 6.07) is 12.5. The summed E-state index contributed by atoms with van der Waals surface area (Å²) < 4.78 is 10.1. The van der Waals surface area contributed by atoms with Crippen molar-refractivity contribution in [2.75, 3.05) is 14.2 Å². The van der Waals surface area contributed by atoms with Crippen LogP contribution in [0.1, 0.15) is 15.9 Å². The zero-order chi connectivity index (χ0) is 14.5. The molecule has 0 aliphatic heterocycles. The maximum atomic E-state index is 12.2. The van der Waals surface area contributed by atoms with Gasteiger partial charge in [0.1, 0.15) is 11.5 Å². The first kappa shape index (κ1) is 14.4. The summed E-state index contributed by atoms with van der Waals surface area (Å²) in [6.07, 6.45) is 0.302. The summed E-state index contributed by atoms with van der Waals surface area (Å²) >= 11 is 6.10. The van der Waals surface area contributed by atoms with Gasteiger partial charge in [0.25, 0.3) is 0 Å². The molecule has 2 aromatic carbocycles. The molecule has 0 aliphatic rings. The van der Waals surface area contributed by atoms with Gasteiger partial charge in [-0.25, -0.2) is 0 Å². The first-order valence-electron chi connectivity index (χ1n) is 6.13. The number of hydrogen-bond acceptors (Lipinski definition) is 3. The average molecular weight is 291 g/mol. The van der Waals surface area contributed by atoms with Crippen molar-refractivity contribution in [3.05, 3.63) is 58.6 Å². The fraction of sp³-hybridized carbons (Fsp3) is 0.188. The molecule has 0 atom stereocenters. The number of carbonyl (C=O) groups excluding carboxylic acids is 1. The van der Waals surface area contributed by atoms with Gasteiger partial charge >= 0.3 is 0 Å². The normalized spacial score (nSPS) is 10.2. The molecule has 0 bridgehead atoms. The van der Waals surface area contributed by atoms with E-state index in [0.29, 0.717) is 22.8 Å². The second kappa shape index (κ2) is 6.44. The Balaban J connectivity index is 2.14. The molecule has 0 heterocycles. The van der Waals surface area contributed by atoms with Crippen molar-refractivity contribution in [2.45, 2.75) is 6.42 Å². The lowest BCUT2D eigenvalue weighted by Gasteiger charge is -2.07. The molecule has 0 unspecified atom stereocenters. The van der Waals surface area contributed by atoms with E-state index in [1.165, 1.54) is 0 Å². The highest BCUT2D eigenvalue weighted by molar-refractivity contribution is 6.34. The molecule has 0 fully saturated rings. The molecular formula is C16H15ClO3. The van der Waals surface area contributed by atoms with Crippen LogP contribution in [-0.2, 0) is 6.42 Å². The largest absolute Gasteiger partial charge is 0.497 e. The molecule has 2 aromatic rings. The molecule has 104 valence electrons. The highest BCUT2D eigenvalue weighted by atomic mass is 35.5. The van der Waals surface area contributed by atoms with Crippen LogP contribution in [0.2, 0.25) is 5.02 Å². The lowest BCUT2D eigenvalue weighted by Crippen LogP contribution is -2.04. The van der Waals surface area contributed by atoms with E-state index in [2.05, 4.69) is 0 Å². The maximum absolute atomic E-state index is 12.2. The van der Waals surface area contributed by atoms with Crippen molar-refractivity contribution in [1.82, 2.24) is 0 Å². The number of Topliss-reactive ketones (excluding diaryl/α,β-unsaturated/α-hetero) is 1. The number of hydrogen-bond donors (Lipinski definition) is 0. The Labute approximate surface area is 123 Å². The van der Waals surface area contributed by atoms with Gasteiger partial charge in [0.2, 0.25) is 0 Å². The minimum atomic E-state index is -0.0252. The third-order valence-electron chi connectivity index (χ3n) is 3.00. The van der Waals surface area contributed by atoms with Crippen LogP contribution in [0.15, 0.2) is 42.5 Å². The van der Waals surface area contributed by atoms with Gasteiger partial charge in [0.05, 0.1) is 19.2 Å². The number of ether oxygens (including phenoxy) is 2. The fourth-order valence-electron chi connectivity index (χ4n) is 1.87. The molecule has 0 N–H and O–H groups in total.